The van der Waals surface area contributed by atoms with Crippen LogP contribution >= 0.6 is 0 Å². The number of H-pyrrole nitrogens is 1. The smallest absolute Gasteiger partial charge is 0.338 e. The molecule has 0 fully saturated rings. The van der Waals surface area contributed by atoms with Gasteiger partial charge in [0.15, 0.2) is 0 Å². The largest absolute Gasteiger partial charge is 0.419 e. The number of hydrogen-bond acceptors (Lipinski definition) is 3. The summed E-state index contributed by atoms with van der Waals surface area (Å²) in [4.78, 5) is 7.34. The fraction of sp³-hybridized carbons (Fsp3) is 0.0455. The van der Waals surface area contributed by atoms with Crippen molar-refractivity contribution in [2.75, 3.05) is 0 Å². The molecule has 0 amide bonds. The van der Waals surface area contributed by atoms with Gasteiger partial charge in [-0.2, -0.15) is 13.2 Å². The van der Waals surface area contributed by atoms with E-state index >= 15 is 0 Å². The minimum absolute atomic E-state index is 0.0178. The number of rotatable bonds is 4. The SMILES string of the molecule is NS(=O)(=O)c1ccccc1-c1ccc2nc(/C=C/c3ccc(F)c(C(F)(F)F)c3)[nH]c2c1. The maximum atomic E-state index is 13.4. The Kier molecular flexibility index (Phi) is 5.35. The van der Waals surface area contributed by atoms with E-state index in [4.69, 9.17) is 5.14 Å². The number of imidazole rings is 1. The minimum atomic E-state index is -4.79. The Morgan fingerprint density at radius 3 is 2.44 bits per heavy atom. The number of benzene rings is 3. The van der Waals surface area contributed by atoms with Crippen molar-refractivity contribution in [2.24, 2.45) is 5.14 Å². The third-order valence-corrected chi connectivity index (χ3v) is 5.70. The second-order valence-corrected chi connectivity index (χ2v) is 8.50. The van der Waals surface area contributed by atoms with Crippen molar-refractivity contribution in [2.45, 2.75) is 11.1 Å². The van der Waals surface area contributed by atoms with Crippen LogP contribution in [0.5, 0.6) is 0 Å². The molecule has 0 aliphatic rings. The molecule has 0 aliphatic heterocycles. The van der Waals surface area contributed by atoms with Crippen molar-refractivity contribution < 1.29 is 26.0 Å². The third-order valence-electron chi connectivity index (χ3n) is 4.73. The molecule has 0 saturated heterocycles. The molecule has 0 saturated carbocycles. The van der Waals surface area contributed by atoms with Crippen molar-refractivity contribution >= 4 is 33.2 Å². The Balaban J connectivity index is 1.68. The highest BCUT2D eigenvalue weighted by atomic mass is 32.2. The van der Waals surface area contributed by atoms with Gasteiger partial charge in [0.1, 0.15) is 11.6 Å². The van der Waals surface area contributed by atoms with E-state index in [0.29, 0.717) is 28.0 Å². The van der Waals surface area contributed by atoms with Crippen LogP contribution in [0.25, 0.3) is 34.3 Å². The summed E-state index contributed by atoms with van der Waals surface area (Å²) in [5, 5.41) is 5.30. The predicted octanol–water partition coefficient (Wildman–Crippen LogP) is 5.21. The highest BCUT2D eigenvalue weighted by Gasteiger charge is 2.34. The van der Waals surface area contributed by atoms with E-state index in [-0.39, 0.29) is 10.5 Å². The average Bonchev–Trinajstić information content (AvgIpc) is 3.14. The molecule has 3 aromatic carbocycles. The van der Waals surface area contributed by atoms with Gasteiger partial charge in [-0.05, 0) is 47.5 Å². The van der Waals surface area contributed by atoms with Crippen LogP contribution in [0.3, 0.4) is 0 Å². The number of sulfonamides is 1. The summed E-state index contributed by atoms with van der Waals surface area (Å²) in [7, 11) is -3.93. The van der Waals surface area contributed by atoms with Crippen molar-refractivity contribution in [3.05, 3.63) is 83.4 Å². The first-order chi connectivity index (χ1) is 15.0. The van der Waals surface area contributed by atoms with E-state index < -0.39 is 27.6 Å². The third kappa shape index (κ3) is 4.41. The number of aromatic nitrogens is 2. The van der Waals surface area contributed by atoms with Crippen molar-refractivity contribution in [1.82, 2.24) is 9.97 Å². The molecule has 0 atom stereocenters. The molecule has 5 nitrogen and oxygen atoms in total. The number of nitrogens with one attached hydrogen (secondary N) is 1. The lowest BCUT2D eigenvalue weighted by atomic mass is 10.1. The molecular weight excluding hydrogens is 446 g/mol. The monoisotopic (exact) mass is 461 g/mol. The van der Waals surface area contributed by atoms with E-state index in [2.05, 4.69) is 9.97 Å². The lowest BCUT2D eigenvalue weighted by Crippen LogP contribution is -2.13. The molecule has 4 rings (SSSR count). The Labute approximate surface area is 180 Å². The summed E-state index contributed by atoms with van der Waals surface area (Å²) in [5.74, 6) is -0.986. The first kappa shape index (κ1) is 21.7. The van der Waals surface area contributed by atoms with Crippen LogP contribution in [0.1, 0.15) is 17.0 Å². The van der Waals surface area contributed by atoms with Crippen molar-refractivity contribution in [1.29, 1.82) is 0 Å². The van der Waals surface area contributed by atoms with Gasteiger partial charge in [-0.25, -0.2) is 22.9 Å². The first-order valence-electron chi connectivity index (χ1n) is 9.19. The highest BCUT2D eigenvalue weighted by molar-refractivity contribution is 7.89. The number of aromatic amines is 1. The number of nitrogens with two attached hydrogens (primary N) is 1. The number of halogens is 4. The van der Waals surface area contributed by atoms with Crippen LogP contribution in [0, 0.1) is 5.82 Å². The molecule has 10 heteroatoms. The summed E-state index contributed by atoms with van der Waals surface area (Å²) < 4.78 is 75.8. The Hall–Kier alpha value is -3.50. The number of nitrogens with zero attached hydrogens (tertiary/aromatic N) is 1. The lowest BCUT2D eigenvalue weighted by Gasteiger charge is -2.08. The van der Waals surface area contributed by atoms with Gasteiger partial charge in [0, 0.05) is 5.56 Å². The van der Waals surface area contributed by atoms with Crippen LogP contribution in [0.2, 0.25) is 0 Å². The molecule has 0 aliphatic carbocycles. The summed E-state index contributed by atoms with van der Waals surface area (Å²) in [6.45, 7) is 0. The van der Waals surface area contributed by atoms with Gasteiger partial charge in [0.25, 0.3) is 0 Å². The van der Waals surface area contributed by atoms with Crippen LogP contribution in [0.4, 0.5) is 17.6 Å². The summed E-state index contributed by atoms with van der Waals surface area (Å²) in [5.41, 5.74) is 0.978. The van der Waals surface area contributed by atoms with Gasteiger partial charge in [-0.15, -0.1) is 0 Å². The maximum absolute atomic E-state index is 13.4. The van der Waals surface area contributed by atoms with Crippen LogP contribution in [-0.4, -0.2) is 18.4 Å². The first-order valence-corrected chi connectivity index (χ1v) is 10.7. The molecule has 0 bridgehead atoms. The average molecular weight is 461 g/mol. The Bertz CT molecular complexity index is 1460. The van der Waals surface area contributed by atoms with Gasteiger partial charge in [-0.3, -0.25) is 0 Å². The van der Waals surface area contributed by atoms with Gasteiger partial charge >= 0.3 is 6.18 Å². The highest BCUT2D eigenvalue weighted by Crippen LogP contribution is 2.32. The van der Waals surface area contributed by atoms with Crippen LogP contribution in [0.15, 0.2) is 65.6 Å². The molecular formula is C22H15F4N3O2S. The topological polar surface area (TPSA) is 88.8 Å². The fourth-order valence-corrected chi connectivity index (χ4v) is 4.03. The zero-order valence-electron chi connectivity index (χ0n) is 16.2. The minimum Gasteiger partial charge on any atom is -0.338 e. The van der Waals surface area contributed by atoms with Crippen molar-refractivity contribution in [3.8, 4) is 11.1 Å². The fourth-order valence-electron chi connectivity index (χ4n) is 3.27. The standard InChI is InChI=1S/C22H15F4N3O2S/c23-17-8-5-13(11-16(17)22(24,25)26)6-10-21-28-18-9-7-14(12-19(18)29-21)15-3-1-2-4-20(15)32(27,30)31/h1-12H,(H,28,29)(H2,27,30,31)/b10-6+. The van der Waals surface area contributed by atoms with Gasteiger partial charge in [-0.1, -0.05) is 36.4 Å². The lowest BCUT2D eigenvalue weighted by molar-refractivity contribution is -0.140. The molecule has 1 heterocycles. The number of alkyl halides is 3. The van der Waals surface area contributed by atoms with E-state index in [0.717, 1.165) is 12.1 Å². The van der Waals surface area contributed by atoms with E-state index in [1.165, 1.54) is 24.3 Å². The van der Waals surface area contributed by atoms with E-state index in [1.54, 1.807) is 36.4 Å². The quantitative estimate of drug-likeness (QED) is 0.409. The number of fused-ring (bicyclic) bond motifs is 1. The molecule has 1 aromatic heterocycles. The molecule has 164 valence electrons. The number of primary sulfonamides is 1. The Morgan fingerprint density at radius 1 is 0.969 bits per heavy atom. The second-order valence-electron chi connectivity index (χ2n) is 6.97. The zero-order valence-corrected chi connectivity index (χ0v) is 17.0. The van der Waals surface area contributed by atoms with Crippen LogP contribution in [-0.2, 0) is 16.2 Å². The molecule has 3 N–H and O–H groups in total. The van der Waals surface area contributed by atoms with Crippen molar-refractivity contribution in [3.63, 3.8) is 0 Å². The van der Waals surface area contributed by atoms with E-state index in [1.807, 2.05) is 0 Å². The number of hydrogen-bond donors (Lipinski definition) is 2. The molecule has 4 aromatic rings. The molecule has 32 heavy (non-hydrogen) atoms. The molecule has 0 radical (unpaired) electrons. The zero-order chi connectivity index (χ0) is 23.1. The van der Waals surface area contributed by atoms with E-state index in [9.17, 15) is 26.0 Å². The van der Waals surface area contributed by atoms with Crippen LogP contribution < -0.4 is 5.14 Å². The van der Waals surface area contributed by atoms with Gasteiger partial charge < -0.3 is 4.98 Å². The van der Waals surface area contributed by atoms with Gasteiger partial charge in [0.05, 0.1) is 21.5 Å². The van der Waals surface area contributed by atoms with Gasteiger partial charge in [0.2, 0.25) is 10.0 Å². The maximum Gasteiger partial charge on any atom is 0.419 e. The summed E-state index contributed by atoms with van der Waals surface area (Å²) in [6.07, 6.45) is -1.95. The molecule has 0 spiro atoms. The second kappa shape index (κ2) is 7.88. The predicted molar refractivity (Wildman–Crippen MR) is 113 cm³/mol. The normalized spacial score (nSPS) is 12.7. The Morgan fingerprint density at radius 2 is 1.72 bits per heavy atom. The molecule has 0 unspecified atom stereocenters. The summed E-state index contributed by atoms with van der Waals surface area (Å²) in [6, 6.07) is 14.1. The summed E-state index contributed by atoms with van der Waals surface area (Å²) >= 11 is 0.